The molecule has 52 heavy (non-hydrogen) atoms. The van der Waals surface area contributed by atoms with Gasteiger partial charge in [0.25, 0.3) is 10.1 Å². The lowest BCUT2D eigenvalue weighted by Crippen LogP contribution is -2.60. The third-order valence-electron chi connectivity index (χ3n) is 8.73. The van der Waals surface area contributed by atoms with E-state index in [0.717, 1.165) is 70.6 Å². The van der Waals surface area contributed by atoms with Gasteiger partial charge in [-0.3, -0.25) is 14.1 Å². The maximum Gasteiger partial charge on any atom is 0.306 e. The number of aliphatic hydroxyl groups excluding tert-OH is 3. The molecule has 6 atom stereocenters. The van der Waals surface area contributed by atoms with Gasteiger partial charge in [-0.1, -0.05) is 121 Å². The highest BCUT2D eigenvalue weighted by Gasteiger charge is 2.46. The Hall–Kier alpha value is -2.13. The first-order chi connectivity index (χ1) is 25.0. The van der Waals surface area contributed by atoms with Gasteiger partial charge in [0.2, 0.25) is 0 Å². The van der Waals surface area contributed by atoms with Crippen molar-refractivity contribution in [1.29, 1.82) is 0 Å². The fraction of sp³-hybridized carbons (Fsp3) is 0.795. The normalized spacial score (nSPS) is 21.7. The van der Waals surface area contributed by atoms with Gasteiger partial charge < -0.3 is 34.3 Å². The summed E-state index contributed by atoms with van der Waals surface area (Å²) in [5.41, 5.74) is 0. The summed E-state index contributed by atoms with van der Waals surface area (Å²) in [5.74, 6) is -2.01. The lowest BCUT2D eigenvalue weighted by atomic mass is 10.00. The van der Waals surface area contributed by atoms with Gasteiger partial charge >= 0.3 is 11.9 Å². The van der Waals surface area contributed by atoms with E-state index in [2.05, 4.69) is 50.3 Å². The minimum absolute atomic E-state index is 0.161. The van der Waals surface area contributed by atoms with Crippen molar-refractivity contribution in [2.24, 2.45) is 0 Å². The molecular weight excluding hydrogens is 692 g/mol. The van der Waals surface area contributed by atoms with Gasteiger partial charge in [0.15, 0.2) is 12.4 Å². The van der Waals surface area contributed by atoms with E-state index in [-0.39, 0.29) is 19.4 Å². The Balaban J connectivity index is 2.51. The average molecular weight is 761 g/mol. The molecule has 4 N–H and O–H groups in total. The van der Waals surface area contributed by atoms with Crippen LogP contribution >= 0.6 is 0 Å². The van der Waals surface area contributed by atoms with Crippen LogP contribution in [0.3, 0.4) is 0 Å². The first-order valence-electron chi connectivity index (χ1n) is 19.5. The van der Waals surface area contributed by atoms with Crippen LogP contribution in [0.15, 0.2) is 36.5 Å². The van der Waals surface area contributed by atoms with Crippen molar-refractivity contribution in [3.05, 3.63) is 36.5 Å². The minimum atomic E-state index is -4.60. The zero-order valence-electron chi connectivity index (χ0n) is 31.7. The number of hydrogen-bond donors (Lipinski definition) is 4. The van der Waals surface area contributed by atoms with Gasteiger partial charge in [0.1, 0.15) is 36.8 Å². The van der Waals surface area contributed by atoms with Gasteiger partial charge in [0, 0.05) is 12.8 Å². The summed E-state index contributed by atoms with van der Waals surface area (Å²) in [5, 5.41) is 30.7. The minimum Gasteiger partial charge on any atom is -0.462 e. The summed E-state index contributed by atoms with van der Waals surface area (Å²) in [4.78, 5) is 25.2. The maximum absolute atomic E-state index is 12.7. The van der Waals surface area contributed by atoms with Gasteiger partial charge in [-0.2, -0.15) is 8.42 Å². The molecule has 1 fully saturated rings. The number of allylic oxidation sites excluding steroid dienone is 6. The zero-order chi connectivity index (χ0) is 38.5. The largest absolute Gasteiger partial charge is 0.462 e. The van der Waals surface area contributed by atoms with Crippen molar-refractivity contribution in [2.75, 3.05) is 19.0 Å². The highest BCUT2D eigenvalue weighted by Crippen LogP contribution is 2.24. The molecule has 1 aliphatic rings. The topological polar surface area (TPSA) is 186 Å². The molecule has 1 aliphatic heterocycles. The zero-order valence-corrected chi connectivity index (χ0v) is 32.5. The lowest BCUT2D eigenvalue weighted by Gasteiger charge is -2.40. The van der Waals surface area contributed by atoms with Crippen LogP contribution in [-0.4, -0.2) is 96.0 Å². The Kier molecular flexibility index (Phi) is 27.8. The molecular formula is C39H68O12S. The van der Waals surface area contributed by atoms with Gasteiger partial charge in [0.05, 0.1) is 6.61 Å². The van der Waals surface area contributed by atoms with E-state index in [4.69, 9.17) is 18.9 Å². The number of ether oxygens (including phenoxy) is 4. The Bertz CT molecular complexity index is 1120. The molecule has 0 amide bonds. The highest BCUT2D eigenvalue weighted by atomic mass is 32.2. The van der Waals surface area contributed by atoms with E-state index in [1.807, 2.05) is 0 Å². The monoisotopic (exact) mass is 760 g/mol. The number of hydrogen-bond acceptors (Lipinski definition) is 11. The van der Waals surface area contributed by atoms with Crippen LogP contribution in [0.2, 0.25) is 0 Å². The molecule has 0 aromatic heterocycles. The summed E-state index contributed by atoms with van der Waals surface area (Å²) < 4.78 is 53.7. The Morgan fingerprint density at radius 3 is 1.81 bits per heavy atom. The van der Waals surface area contributed by atoms with Crippen molar-refractivity contribution in [2.45, 2.75) is 179 Å². The maximum atomic E-state index is 12.7. The first kappa shape index (κ1) is 47.9. The van der Waals surface area contributed by atoms with E-state index < -0.39 is 71.2 Å². The van der Waals surface area contributed by atoms with Crippen LogP contribution in [0.25, 0.3) is 0 Å². The van der Waals surface area contributed by atoms with Gasteiger partial charge in [-0.15, -0.1) is 0 Å². The SMILES string of the molecule is CC/C=C/C/C=C/C/C=C/CCCCCCCC(=O)OC[C@H](CO[C@H]1O[C@H](CS(=O)(=O)O)[C@@H](O)C(O)C1O)OC(=O)CCCCCCCCCCC. The average Bonchev–Trinajstić information content (AvgIpc) is 3.10. The molecule has 2 unspecified atom stereocenters. The second-order valence-corrected chi connectivity index (χ2v) is 15.1. The van der Waals surface area contributed by atoms with Gasteiger partial charge in [-0.05, 0) is 44.9 Å². The number of unbranched alkanes of at least 4 members (excludes halogenated alkanes) is 13. The van der Waals surface area contributed by atoms with E-state index in [1.54, 1.807) is 0 Å². The summed E-state index contributed by atoms with van der Waals surface area (Å²) >= 11 is 0. The Labute approximate surface area is 312 Å². The van der Waals surface area contributed by atoms with Crippen LogP contribution in [0.4, 0.5) is 0 Å². The third kappa shape index (κ3) is 25.0. The molecule has 0 aromatic carbocycles. The fourth-order valence-electron chi connectivity index (χ4n) is 5.69. The van der Waals surface area contributed by atoms with Crippen molar-refractivity contribution in [1.82, 2.24) is 0 Å². The van der Waals surface area contributed by atoms with Crippen LogP contribution in [-0.2, 0) is 38.7 Å². The summed E-state index contributed by atoms with van der Waals surface area (Å²) in [7, 11) is -4.60. The molecule has 302 valence electrons. The number of esters is 2. The molecule has 12 nitrogen and oxygen atoms in total. The molecule has 0 bridgehead atoms. The molecule has 0 aromatic rings. The number of rotatable bonds is 31. The predicted molar refractivity (Wildman–Crippen MR) is 201 cm³/mol. The molecule has 0 spiro atoms. The quantitative estimate of drug-likeness (QED) is 0.0255. The molecule has 1 saturated heterocycles. The summed E-state index contributed by atoms with van der Waals surface area (Å²) in [6, 6.07) is 0. The smallest absolute Gasteiger partial charge is 0.306 e. The molecule has 1 heterocycles. The molecule has 0 radical (unpaired) electrons. The van der Waals surface area contributed by atoms with E-state index >= 15 is 0 Å². The third-order valence-corrected chi connectivity index (χ3v) is 9.48. The van der Waals surface area contributed by atoms with Crippen molar-refractivity contribution in [3.8, 4) is 0 Å². The van der Waals surface area contributed by atoms with Crippen LogP contribution in [0.1, 0.15) is 142 Å². The Morgan fingerprint density at radius 1 is 0.673 bits per heavy atom. The van der Waals surface area contributed by atoms with E-state index in [9.17, 15) is 37.9 Å². The van der Waals surface area contributed by atoms with Crippen LogP contribution in [0.5, 0.6) is 0 Å². The predicted octanol–water partition coefficient (Wildman–Crippen LogP) is 6.66. The molecule has 0 aliphatic carbocycles. The Morgan fingerprint density at radius 2 is 1.21 bits per heavy atom. The standard InChI is InChI=1S/C39H68O12S/c1-3-5-7-9-11-13-14-15-16-17-18-20-21-23-25-27-34(40)48-29-32(50-35(41)28-26-24-22-19-12-10-8-6-4-2)30-49-39-38(44)37(43)36(42)33(51-39)31-52(45,46)47/h5,7,11,13,15-16,32-33,36-39,42-44H,3-4,6,8-10,12,14,17-31H2,1-2H3,(H,45,46,47)/b7-5+,13-11+,16-15+/t32-,33-,36-,37?,38?,39+/m1/s1. The fourth-order valence-corrected chi connectivity index (χ4v) is 6.38. The summed E-state index contributed by atoms with van der Waals surface area (Å²) in [6.07, 6.45) is 22.1. The van der Waals surface area contributed by atoms with Crippen LogP contribution in [0, 0.1) is 0 Å². The highest BCUT2D eigenvalue weighted by molar-refractivity contribution is 7.85. The van der Waals surface area contributed by atoms with E-state index in [0.29, 0.717) is 12.8 Å². The number of aliphatic hydroxyl groups is 3. The van der Waals surface area contributed by atoms with E-state index in [1.165, 1.54) is 32.1 Å². The van der Waals surface area contributed by atoms with Crippen molar-refractivity contribution >= 4 is 22.1 Å². The first-order valence-corrected chi connectivity index (χ1v) is 21.2. The van der Waals surface area contributed by atoms with Gasteiger partial charge in [-0.25, -0.2) is 0 Å². The molecule has 1 rings (SSSR count). The second kappa shape index (κ2) is 30.2. The molecule has 0 saturated carbocycles. The second-order valence-electron chi connectivity index (χ2n) is 13.6. The molecule has 13 heteroatoms. The van der Waals surface area contributed by atoms with Crippen LogP contribution < -0.4 is 0 Å². The van der Waals surface area contributed by atoms with Crippen molar-refractivity contribution < 1.29 is 56.8 Å². The number of carbonyl (C=O) groups excluding carboxylic acids is 2. The van der Waals surface area contributed by atoms with Crippen molar-refractivity contribution in [3.63, 3.8) is 0 Å². The summed E-state index contributed by atoms with van der Waals surface area (Å²) in [6.45, 7) is 3.57. The number of carbonyl (C=O) groups is 2. The lowest BCUT2D eigenvalue weighted by molar-refractivity contribution is -0.297.